The van der Waals surface area contributed by atoms with Crippen LogP contribution in [0.5, 0.6) is 11.5 Å². The van der Waals surface area contributed by atoms with Gasteiger partial charge in [-0.25, -0.2) is 0 Å². The Kier molecular flexibility index (Phi) is 3.76. The van der Waals surface area contributed by atoms with Crippen molar-refractivity contribution < 1.29 is 10.2 Å². The fourth-order valence-corrected chi connectivity index (χ4v) is 2.16. The van der Waals surface area contributed by atoms with Crippen molar-refractivity contribution in [2.75, 3.05) is 5.43 Å². The number of halogens is 1. The molecule has 0 fully saturated rings. The van der Waals surface area contributed by atoms with Gasteiger partial charge in [-0.15, -0.1) is 10.2 Å². The van der Waals surface area contributed by atoms with E-state index in [4.69, 9.17) is 11.6 Å². The molecule has 0 bridgehead atoms. The topological polar surface area (TPSA) is 90.6 Å². The van der Waals surface area contributed by atoms with Crippen molar-refractivity contribution in [2.45, 2.75) is 0 Å². The van der Waals surface area contributed by atoms with Crippen LogP contribution >= 0.6 is 11.6 Å². The van der Waals surface area contributed by atoms with Gasteiger partial charge in [-0.1, -0.05) is 35.9 Å². The number of rotatable bonds is 3. The van der Waals surface area contributed by atoms with E-state index in [2.05, 4.69) is 20.7 Å². The summed E-state index contributed by atoms with van der Waals surface area (Å²) in [5.74, 6) is 0.365. The number of nitrogens with zero attached hydrogens (tertiary/aromatic N) is 3. The molecule has 0 aliphatic carbocycles. The van der Waals surface area contributed by atoms with Gasteiger partial charge in [0.05, 0.1) is 6.21 Å². The van der Waals surface area contributed by atoms with Crippen molar-refractivity contribution in [3.8, 4) is 11.5 Å². The van der Waals surface area contributed by atoms with E-state index in [-0.39, 0.29) is 11.5 Å². The quantitative estimate of drug-likeness (QED) is 0.510. The summed E-state index contributed by atoms with van der Waals surface area (Å²) in [5, 5.41) is 32.6. The van der Waals surface area contributed by atoms with Gasteiger partial charge in [0.15, 0.2) is 11.0 Å². The highest BCUT2D eigenvalue weighted by atomic mass is 35.5. The van der Waals surface area contributed by atoms with Crippen molar-refractivity contribution in [3.63, 3.8) is 0 Å². The molecule has 0 aliphatic heterocycles. The average molecular weight is 315 g/mol. The van der Waals surface area contributed by atoms with Crippen molar-refractivity contribution in [1.82, 2.24) is 10.2 Å². The van der Waals surface area contributed by atoms with Crippen molar-refractivity contribution >= 4 is 34.4 Å². The summed E-state index contributed by atoms with van der Waals surface area (Å²) in [6.07, 6.45) is 1.42. The third kappa shape index (κ3) is 2.77. The molecule has 0 aliphatic rings. The van der Waals surface area contributed by atoms with E-state index in [1.54, 1.807) is 6.07 Å². The molecule has 0 radical (unpaired) electrons. The van der Waals surface area contributed by atoms with E-state index in [0.29, 0.717) is 16.5 Å². The Bertz CT molecular complexity index is 867. The Hall–Kier alpha value is -2.86. The number of fused-ring (bicyclic) bond motifs is 1. The van der Waals surface area contributed by atoms with Gasteiger partial charge in [0.25, 0.3) is 0 Å². The van der Waals surface area contributed by atoms with Crippen LogP contribution in [0.15, 0.2) is 47.6 Å². The molecular formula is C15H11ClN4O2. The molecule has 0 saturated carbocycles. The highest BCUT2D eigenvalue weighted by molar-refractivity contribution is 6.34. The second kappa shape index (κ2) is 5.87. The third-order valence-electron chi connectivity index (χ3n) is 3.03. The maximum atomic E-state index is 9.67. The normalized spacial score (nSPS) is 11.1. The van der Waals surface area contributed by atoms with E-state index < -0.39 is 0 Å². The van der Waals surface area contributed by atoms with Crippen LogP contribution in [0, 0.1) is 0 Å². The summed E-state index contributed by atoms with van der Waals surface area (Å²) in [6, 6.07) is 11.6. The van der Waals surface area contributed by atoms with Crippen molar-refractivity contribution in [2.24, 2.45) is 5.10 Å². The summed E-state index contributed by atoms with van der Waals surface area (Å²) in [5.41, 5.74) is 3.22. The maximum Gasteiger partial charge on any atom is 0.176 e. The average Bonchev–Trinajstić information content (AvgIpc) is 2.52. The number of benzene rings is 2. The SMILES string of the molecule is Oc1ccc(C=NNc2nnc(Cl)c3ccccc23)c(O)c1. The Labute approximate surface area is 130 Å². The van der Waals surface area contributed by atoms with Gasteiger partial charge < -0.3 is 10.2 Å². The number of aromatic hydroxyl groups is 2. The highest BCUT2D eigenvalue weighted by Crippen LogP contribution is 2.25. The van der Waals surface area contributed by atoms with Gasteiger partial charge in [0.2, 0.25) is 0 Å². The largest absolute Gasteiger partial charge is 0.508 e. The van der Waals surface area contributed by atoms with Crippen LogP contribution in [-0.2, 0) is 0 Å². The molecule has 1 heterocycles. The van der Waals surface area contributed by atoms with Gasteiger partial charge in [-0.05, 0) is 12.1 Å². The van der Waals surface area contributed by atoms with E-state index in [9.17, 15) is 10.2 Å². The lowest BCUT2D eigenvalue weighted by Crippen LogP contribution is -1.97. The Balaban J connectivity index is 1.88. The number of hydrogen-bond donors (Lipinski definition) is 3. The van der Waals surface area contributed by atoms with Crippen LogP contribution in [0.2, 0.25) is 5.15 Å². The first kappa shape index (κ1) is 14.1. The van der Waals surface area contributed by atoms with Gasteiger partial charge in [0.1, 0.15) is 11.5 Å². The van der Waals surface area contributed by atoms with E-state index in [1.165, 1.54) is 18.3 Å². The van der Waals surface area contributed by atoms with Crippen LogP contribution in [0.4, 0.5) is 5.82 Å². The molecule has 110 valence electrons. The molecule has 1 aromatic heterocycles. The zero-order valence-corrected chi connectivity index (χ0v) is 12.0. The summed E-state index contributed by atoms with van der Waals surface area (Å²) in [7, 11) is 0. The van der Waals surface area contributed by atoms with E-state index >= 15 is 0 Å². The van der Waals surface area contributed by atoms with Crippen molar-refractivity contribution in [1.29, 1.82) is 0 Å². The van der Waals surface area contributed by atoms with Gasteiger partial charge in [-0.2, -0.15) is 5.10 Å². The molecular weight excluding hydrogens is 304 g/mol. The summed E-state index contributed by atoms with van der Waals surface area (Å²) in [6.45, 7) is 0. The number of hydrogen-bond acceptors (Lipinski definition) is 6. The lowest BCUT2D eigenvalue weighted by atomic mass is 10.2. The third-order valence-corrected chi connectivity index (χ3v) is 3.31. The maximum absolute atomic E-state index is 9.67. The molecule has 3 aromatic rings. The van der Waals surface area contributed by atoms with E-state index in [0.717, 1.165) is 10.8 Å². The minimum absolute atomic E-state index is 0.0165. The van der Waals surface area contributed by atoms with Gasteiger partial charge in [0, 0.05) is 22.4 Å². The molecule has 2 aromatic carbocycles. The summed E-state index contributed by atoms with van der Waals surface area (Å²) >= 11 is 6.00. The second-order valence-corrected chi connectivity index (χ2v) is 4.86. The highest BCUT2D eigenvalue weighted by Gasteiger charge is 2.06. The van der Waals surface area contributed by atoms with Crippen LogP contribution in [-0.4, -0.2) is 26.6 Å². The van der Waals surface area contributed by atoms with Crippen LogP contribution < -0.4 is 5.43 Å². The monoisotopic (exact) mass is 314 g/mol. The number of aromatic nitrogens is 2. The van der Waals surface area contributed by atoms with E-state index in [1.807, 2.05) is 24.3 Å². The molecule has 0 unspecified atom stereocenters. The molecule has 6 nitrogen and oxygen atoms in total. The molecule has 22 heavy (non-hydrogen) atoms. The second-order valence-electron chi connectivity index (χ2n) is 4.50. The molecule has 0 amide bonds. The first-order valence-electron chi connectivity index (χ1n) is 6.37. The number of phenols is 2. The molecule has 3 rings (SSSR count). The predicted molar refractivity (Wildman–Crippen MR) is 85.5 cm³/mol. The molecule has 3 N–H and O–H groups in total. The zero-order chi connectivity index (χ0) is 15.5. The smallest absolute Gasteiger partial charge is 0.176 e. The van der Waals surface area contributed by atoms with Crippen molar-refractivity contribution in [3.05, 3.63) is 53.2 Å². The van der Waals surface area contributed by atoms with Gasteiger partial charge >= 0.3 is 0 Å². The lowest BCUT2D eigenvalue weighted by molar-refractivity contribution is 0.450. The Morgan fingerprint density at radius 3 is 2.59 bits per heavy atom. The van der Waals surface area contributed by atoms with Gasteiger partial charge in [-0.3, -0.25) is 5.43 Å². The number of hydrazone groups is 1. The molecule has 0 saturated heterocycles. The fourth-order valence-electron chi connectivity index (χ4n) is 1.96. The lowest BCUT2D eigenvalue weighted by Gasteiger charge is -2.05. The fraction of sp³-hybridized carbons (Fsp3) is 0. The van der Waals surface area contributed by atoms with Crippen LogP contribution in [0.3, 0.4) is 0 Å². The first-order chi connectivity index (χ1) is 10.6. The predicted octanol–water partition coefficient (Wildman–Crippen LogP) is 3.14. The number of anilines is 1. The Morgan fingerprint density at radius 1 is 1.05 bits per heavy atom. The van der Waals surface area contributed by atoms with Crippen LogP contribution in [0.25, 0.3) is 10.8 Å². The Morgan fingerprint density at radius 2 is 1.82 bits per heavy atom. The summed E-state index contributed by atoms with van der Waals surface area (Å²) < 4.78 is 0. The number of phenolic OH excluding ortho intramolecular Hbond substituents is 2. The summed E-state index contributed by atoms with van der Waals surface area (Å²) in [4.78, 5) is 0. The molecule has 0 atom stereocenters. The van der Waals surface area contributed by atoms with Crippen LogP contribution in [0.1, 0.15) is 5.56 Å². The standard InChI is InChI=1S/C15H11ClN4O2/c16-14-11-3-1-2-4-12(11)15(20-18-14)19-17-8-9-5-6-10(21)7-13(9)22/h1-8,21-22H,(H,19,20). The molecule has 0 spiro atoms. The number of nitrogens with one attached hydrogen (secondary N) is 1. The zero-order valence-electron chi connectivity index (χ0n) is 11.2. The minimum atomic E-state index is -0.0717. The first-order valence-corrected chi connectivity index (χ1v) is 6.75. The minimum Gasteiger partial charge on any atom is -0.508 e. The molecule has 7 heteroatoms.